The summed E-state index contributed by atoms with van der Waals surface area (Å²) in [6.45, 7) is 0. The highest BCUT2D eigenvalue weighted by Gasteiger charge is 2.14. The van der Waals surface area contributed by atoms with Gasteiger partial charge in [0, 0.05) is 17.7 Å². The molecule has 0 aliphatic heterocycles. The molecular formula is C16H10N2O4S2. The zero-order valence-corrected chi connectivity index (χ0v) is 13.8. The van der Waals surface area contributed by atoms with E-state index in [0.29, 0.717) is 16.2 Å². The Morgan fingerprint density at radius 1 is 1.00 bits per heavy atom. The van der Waals surface area contributed by atoms with Crippen LogP contribution in [0.2, 0.25) is 0 Å². The van der Waals surface area contributed by atoms with Gasteiger partial charge in [0.25, 0.3) is 5.69 Å². The van der Waals surface area contributed by atoms with Gasteiger partial charge < -0.3 is 4.84 Å². The molecular weight excluding hydrogens is 348 g/mol. The topological polar surface area (TPSA) is 81.8 Å². The lowest BCUT2D eigenvalue weighted by atomic mass is 10.1. The van der Waals surface area contributed by atoms with Crippen LogP contribution in [0.3, 0.4) is 0 Å². The molecule has 6 nitrogen and oxygen atoms in total. The van der Waals surface area contributed by atoms with Gasteiger partial charge in [-0.15, -0.1) is 22.7 Å². The SMILES string of the molecule is O=C(O/N=C(/c1ccc([N+](=O)[O-])cc1)c1cccs1)c1cccs1. The lowest BCUT2D eigenvalue weighted by Crippen LogP contribution is -2.06. The van der Waals surface area contributed by atoms with Crippen LogP contribution in [-0.2, 0) is 4.84 Å². The zero-order valence-electron chi connectivity index (χ0n) is 12.1. The number of carbonyl (C=O) groups is 1. The van der Waals surface area contributed by atoms with E-state index in [0.717, 1.165) is 4.88 Å². The van der Waals surface area contributed by atoms with Gasteiger partial charge in [0.15, 0.2) is 0 Å². The summed E-state index contributed by atoms with van der Waals surface area (Å²) in [5.41, 5.74) is 1.06. The average molecular weight is 358 g/mol. The summed E-state index contributed by atoms with van der Waals surface area (Å²) in [4.78, 5) is 28.5. The maximum absolute atomic E-state index is 11.9. The average Bonchev–Trinajstić information content (AvgIpc) is 3.29. The highest BCUT2D eigenvalue weighted by atomic mass is 32.1. The molecule has 0 saturated carbocycles. The first-order chi connectivity index (χ1) is 11.6. The molecule has 0 aliphatic carbocycles. The molecule has 120 valence electrons. The van der Waals surface area contributed by atoms with Gasteiger partial charge in [-0.3, -0.25) is 10.1 Å². The lowest BCUT2D eigenvalue weighted by molar-refractivity contribution is -0.384. The second-order valence-corrected chi connectivity index (χ2v) is 6.47. The highest BCUT2D eigenvalue weighted by Crippen LogP contribution is 2.20. The first-order valence-corrected chi connectivity index (χ1v) is 8.52. The molecule has 3 rings (SSSR count). The molecule has 0 fully saturated rings. The van der Waals surface area contributed by atoms with E-state index in [2.05, 4.69) is 5.16 Å². The number of benzene rings is 1. The largest absolute Gasteiger partial charge is 0.375 e. The molecule has 2 heterocycles. The van der Waals surface area contributed by atoms with E-state index in [9.17, 15) is 14.9 Å². The number of rotatable bonds is 5. The Balaban J connectivity index is 1.90. The quantitative estimate of drug-likeness (QED) is 0.294. The molecule has 0 atom stereocenters. The van der Waals surface area contributed by atoms with Crippen molar-refractivity contribution in [2.45, 2.75) is 0 Å². The number of non-ortho nitro benzene ring substituents is 1. The van der Waals surface area contributed by atoms with Crippen LogP contribution >= 0.6 is 22.7 Å². The molecule has 0 aliphatic rings. The molecule has 0 amide bonds. The van der Waals surface area contributed by atoms with Crippen molar-refractivity contribution in [3.63, 3.8) is 0 Å². The zero-order chi connectivity index (χ0) is 16.9. The number of hydrogen-bond acceptors (Lipinski definition) is 7. The van der Waals surface area contributed by atoms with Crippen LogP contribution in [0.25, 0.3) is 0 Å². The summed E-state index contributed by atoms with van der Waals surface area (Å²) in [5, 5.41) is 18.4. The van der Waals surface area contributed by atoms with Crippen molar-refractivity contribution in [1.29, 1.82) is 0 Å². The fourth-order valence-corrected chi connectivity index (χ4v) is 3.24. The van der Waals surface area contributed by atoms with Gasteiger partial charge in [-0.05, 0) is 35.0 Å². The van der Waals surface area contributed by atoms with E-state index in [4.69, 9.17) is 4.84 Å². The van der Waals surface area contributed by atoms with Gasteiger partial charge in [-0.2, -0.15) is 0 Å². The molecule has 24 heavy (non-hydrogen) atoms. The van der Waals surface area contributed by atoms with Gasteiger partial charge in [-0.1, -0.05) is 17.3 Å². The second kappa shape index (κ2) is 7.16. The molecule has 0 bridgehead atoms. The number of nitrogens with zero attached hydrogens (tertiary/aromatic N) is 2. The predicted octanol–water partition coefficient (Wildman–Crippen LogP) is 4.33. The normalized spacial score (nSPS) is 11.2. The third-order valence-electron chi connectivity index (χ3n) is 3.05. The summed E-state index contributed by atoms with van der Waals surface area (Å²) in [6, 6.07) is 13.0. The first-order valence-electron chi connectivity index (χ1n) is 6.76. The van der Waals surface area contributed by atoms with Crippen LogP contribution in [0.15, 0.2) is 64.4 Å². The van der Waals surface area contributed by atoms with Gasteiger partial charge in [0.2, 0.25) is 0 Å². The summed E-state index contributed by atoms with van der Waals surface area (Å²) in [5.74, 6) is -0.541. The molecule has 2 aromatic heterocycles. The number of nitro groups is 1. The van der Waals surface area contributed by atoms with Crippen molar-refractivity contribution in [3.05, 3.63) is 84.7 Å². The maximum atomic E-state index is 11.9. The molecule has 0 saturated heterocycles. The van der Waals surface area contributed by atoms with Crippen LogP contribution in [0, 0.1) is 10.1 Å². The highest BCUT2D eigenvalue weighted by molar-refractivity contribution is 7.12. The van der Waals surface area contributed by atoms with Crippen LogP contribution in [0.5, 0.6) is 0 Å². The Labute approximate surface area is 144 Å². The third-order valence-corrected chi connectivity index (χ3v) is 4.77. The van der Waals surface area contributed by atoms with Crippen LogP contribution < -0.4 is 0 Å². The Morgan fingerprint density at radius 3 is 2.17 bits per heavy atom. The summed E-state index contributed by atoms with van der Waals surface area (Å²) in [6.07, 6.45) is 0. The van der Waals surface area contributed by atoms with Crippen LogP contribution in [-0.4, -0.2) is 16.6 Å². The van der Waals surface area contributed by atoms with Gasteiger partial charge in [0.1, 0.15) is 10.6 Å². The Bertz CT molecular complexity index is 869. The first kappa shape index (κ1) is 16.0. The van der Waals surface area contributed by atoms with Gasteiger partial charge >= 0.3 is 5.97 Å². The fourth-order valence-electron chi connectivity index (χ4n) is 1.92. The number of oxime groups is 1. The van der Waals surface area contributed by atoms with Crippen molar-refractivity contribution in [1.82, 2.24) is 0 Å². The Hall–Kier alpha value is -2.84. The number of thiophene rings is 2. The molecule has 1 aromatic carbocycles. The number of nitro benzene ring substituents is 1. The summed E-state index contributed by atoms with van der Waals surface area (Å²) < 4.78 is 0. The van der Waals surface area contributed by atoms with E-state index < -0.39 is 10.9 Å². The minimum absolute atomic E-state index is 0.0140. The standard InChI is InChI=1S/C16H10N2O4S2/c19-16(14-4-2-10-24-14)22-17-15(13-3-1-9-23-13)11-5-7-12(8-6-11)18(20)21/h1-10H/b17-15-. The van der Waals surface area contributed by atoms with E-state index in [1.54, 1.807) is 29.6 Å². The maximum Gasteiger partial charge on any atom is 0.375 e. The minimum Gasteiger partial charge on any atom is -0.311 e. The number of carbonyl (C=O) groups excluding carboxylic acids is 1. The summed E-state index contributed by atoms with van der Waals surface area (Å²) >= 11 is 2.70. The van der Waals surface area contributed by atoms with E-state index in [1.807, 2.05) is 17.5 Å². The second-order valence-electron chi connectivity index (χ2n) is 4.58. The van der Waals surface area contributed by atoms with Crippen molar-refractivity contribution in [2.75, 3.05) is 0 Å². The van der Waals surface area contributed by atoms with Crippen molar-refractivity contribution in [2.24, 2.45) is 5.16 Å². The molecule has 0 radical (unpaired) electrons. The van der Waals surface area contributed by atoms with Gasteiger partial charge in [-0.25, -0.2) is 4.79 Å². The fraction of sp³-hybridized carbons (Fsp3) is 0. The molecule has 8 heteroatoms. The lowest BCUT2D eigenvalue weighted by Gasteiger charge is -2.04. The molecule has 0 spiro atoms. The monoisotopic (exact) mass is 358 g/mol. The molecule has 3 aromatic rings. The Morgan fingerprint density at radius 2 is 1.62 bits per heavy atom. The summed E-state index contributed by atoms with van der Waals surface area (Å²) in [7, 11) is 0. The number of hydrogen-bond donors (Lipinski definition) is 0. The van der Waals surface area contributed by atoms with Gasteiger partial charge in [0.05, 0.1) is 9.80 Å². The third kappa shape index (κ3) is 3.55. The predicted molar refractivity (Wildman–Crippen MR) is 92.8 cm³/mol. The van der Waals surface area contributed by atoms with Crippen LogP contribution in [0.4, 0.5) is 5.69 Å². The smallest absolute Gasteiger partial charge is 0.311 e. The van der Waals surface area contributed by atoms with Crippen molar-refractivity contribution >= 4 is 40.0 Å². The van der Waals surface area contributed by atoms with E-state index in [1.165, 1.54) is 34.8 Å². The van der Waals surface area contributed by atoms with E-state index >= 15 is 0 Å². The van der Waals surface area contributed by atoms with Crippen LogP contribution in [0.1, 0.15) is 20.1 Å². The van der Waals surface area contributed by atoms with E-state index in [-0.39, 0.29) is 5.69 Å². The Kier molecular flexibility index (Phi) is 4.78. The minimum atomic E-state index is -0.541. The van der Waals surface area contributed by atoms with Crippen molar-refractivity contribution < 1.29 is 14.6 Å². The molecule has 0 N–H and O–H groups in total. The molecule has 0 unspecified atom stereocenters. The van der Waals surface area contributed by atoms with Crippen molar-refractivity contribution in [3.8, 4) is 0 Å².